The van der Waals surface area contributed by atoms with Crippen molar-refractivity contribution in [2.45, 2.75) is 50.2 Å². The van der Waals surface area contributed by atoms with Gasteiger partial charge in [-0.3, -0.25) is 5.32 Å². The molecule has 1 amide bonds. The minimum absolute atomic E-state index is 0.147. The fraction of sp³-hybridized carbons (Fsp3) is 0.321. The molecule has 3 aromatic rings. The van der Waals surface area contributed by atoms with Crippen molar-refractivity contribution < 1.29 is 18.7 Å². The average molecular weight is 459 g/mol. The number of anilines is 1. The van der Waals surface area contributed by atoms with Gasteiger partial charge in [0.2, 0.25) is 0 Å². The second kappa shape index (κ2) is 7.84. The first-order valence-electron chi connectivity index (χ1n) is 11.9. The maximum absolute atomic E-state index is 13.4. The largest absolute Gasteiger partial charge is 0.450 e. The highest BCUT2D eigenvalue weighted by Gasteiger charge is 2.74. The third-order valence-electron chi connectivity index (χ3n) is 7.58. The molecule has 1 N–H and O–H groups in total. The van der Waals surface area contributed by atoms with E-state index in [4.69, 9.17) is 9.47 Å². The third-order valence-corrected chi connectivity index (χ3v) is 7.58. The molecule has 5 nitrogen and oxygen atoms in total. The molecular weight excluding hydrogens is 431 g/mol. The van der Waals surface area contributed by atoms with E-state index in [1.165, 1.54) is 29.0 Å². The number of rotatable bonds is 6. The molecule has 0 radical (unpaired) electrons. The van der Waals surface area contributed by atoms with Crippen LogP contribution in [0.25, 0.3) is 11.8 Å². The first kappa shape index (κ1) is 21.2. The monoisotopic (exact) mass is 458 g/mol. The number of carbonyl (C=O) groups excluding carboxylic acids is 1. The fourth-order valence-electron chi connectivity index (χ4n) is 5.87. The molecule has 6 heteroatoms. The molecule has 2 atom stereocenters. The highest BCUT2D eigenvalue weighted by Crippen LogP contribution is 2.67. The van der Waals surface area contributed by atoms with Crippen LogP contribution < -0.4 is 5.32 Å². The zero-order valence-corrected chi connectivity index (χ0v) is 19.1. The van der Waals surface area contributed by atoms with Crippen molar-refractivity contribution >= 4 is 17.9 Å². The van der Waals surface area contributed by atoms with Gasteiger partial charge in [-0.2, -0.15) is 0 Å². The number of carbonyl (C=O) groups is 1. The summed E-state index contributed by atoms with van der Waals surface area (Å²) in [6.45, 7) is 2.14. The van der Waals surface area contributed by atoms with Crippen LogP contribution in [-0.2, 0) is 22.3 Å². The van der Waals surface area contributed by atoms with Crippen molar-refractivity contribution in [3.63, 3.8) is 0 Å². The van der Waals surface area contributed by atoms with E-state index >= 15 is 0 Å². The number of nitrogens with zero attached hydrogens (tertiary/aromatic N) is 1. The molecule has 34 heavy (non-hydrogen) atoms. The number of aromatic nitrogens is 1. The van der Waals surface area contributed by atoms with E-state index in [0.29, 0.717) is 6.61 Å². The van der Waals surface area contributed by atoms with Crippen molar-refractivity contribution in [3.8, 4) is 5.69 Å². The van der Waals surface area contributed by atoms with E-state index in [-0.39, 0.29) is 17.0 Å². The van der Waals surface area contributed by atoms with Crippen LogP contribution in [0, 0.1) is 5.82 Å². The molecule has 6 rings (SSSR count). The Kier molecular flexibility index (Phi) is 4.88. The molecular formula is C28H27FN2O3. The summed E-state index contributed by atoms with van der Waals surface area (Å²) in [5.74, 6) is -0.229. The van der Waals surface area contributed by atoms with E-state index in [1.807, 2.05) is 30.3 Å². The Morgan fingerprint density at radius 2 is 2.00 bits per heavy atom. The summed E-state index contributed by atoms with van der Waals surface area (Å²) in [6.07, 6.45) is 8.54. The van der Waals surface area contributed by atoms with E-state index in [1.54, 1.807) is 6.92 Å². The first-order valence-corrected chi connectivity index (χ1v) is 11.9. The van der Waals surface area contributed by atoms with Crippen LogP contribution in [0.5, 0.6) is 0 Å². The number of halogens is 1. The second-order valence-corrected chi connectivity index (χ2v) is 9.34. The van der Waals surface area contributed by atoms with Crippen molar-refractivity contribution in [1.29, 1.82) is 0 Å². The summed E-state index contributed by atoms with van der Waals surface area (Å²) in [5.41, 5.74) is 6.28. The SMILES string of the molecule is CCOC(=O)Nc1ccccc1CC[C@]12CCC3=Cc4c(ccn4-c4ccc(F)cc4)CC31O2. The summed E-state index contributed by atoms with van der Waals surface area (Å²) in [7, 11) is 0. The maximum Gasteiger partial charge on any atom is 0.411 e. The Hall–Kier alpha value is -3.38. The van der Waals surface area contributed by atoms with Crippen LogP contribution in [-0.4, -0.2) is 28.5 Å². The Bertz CT molecular complexity index is 1300. The average Bonchev–Trinajstić information content (AvgIpc) is 3.10. The Balaban J connectivity index is 1.21. The van der Waals surface area contributed by atoms with Gasteiger partial charge in [0.05, 0.1) is 6.61 Å². The van der Waals surface area contributed by atoms with Crippen LogP contribution in [0.15, 0.2) is 66.4 Å². The Morgan fingerprint density at radius 3 is 2.82 bits per heavy atom. The van der Waals surface area contributed by atoms with Gasteiger partial charge < -0.3 is 14.0 Å². The minimum atomic E-state index is -0.427. The van der Waals surface area contributed by atoms with Gasteiger partial charge in [-0.05, 0) is 91.8 Å². The predicted molar refractivity (Wildman–Crippen MR) is 129 cm³/mol. The lowest BCUT2D eigenvalue weighted by atomic mass is 9.81. The van der Waals surface area contributed by atoms with E-state index in [2.05, 4.69) is 34.3 Å². The highest BCUT2D eigenvalue weighted by molar-refractivity contribution is 5.85. The lowest BCUT2D eigenvalue weighted by Gasteiger charge is -2.21. The lowest BCUT2D eigenvalue weighted by molar-refractivity contribution is 0.168. The van der Waals surface area contributed by atoms with Crippen LogP contribution >= 0.6 is 0 Å². The minimum Gasteiger partial charge on any atom is -0.450 e. The maximum atomic E-state index is 13.4. The van der Waals surface area contributed by atoms with Crippen molar-refractivity contribution in [2.75, 3.05) is 11.9 Å². The van der Waals surface area contributed by atoms with Gasteiger partial charge in [0.15, 0.2) is 0 Å². The van der Waals surface area contributed by atoms with Crippen molar-refractivity contribution in [3.05, 3.63) is 89.0 Å². The van der Waals surface area contributed by atoms with E-state index in [9.17, 15) is 9.18 Å². The molecule has 2 heterocycles. The molecule has 1 aromatic heterocycles. The van der Waals surface area contributed by atoms with Gasteiger partial charge in [-0.25, -0.2) is 9.18 Å². The Morgan fingerprint density at radius 1 is 1.18 bits per heavy atom. The number of epoxide rings is 1. The number of nitrogens with one attached hydrogen (secondary N) is 1. The summed E-state index contributed by atoms with van der Waals surface area (Å²) in [6, 6.07) is 16.7. The van der Waals surface area contributed by atoms with Crippen LogP contribution in [0.2, 0.25) is 0 Å². The quantitative estimate of drug-likeness (QED) is 0.457. The molecule has 1 saturated carbocycles. The number of amides is 1. The summed E-state index contributed by atoms with van der Waals surface area (Å²) in [5, 5.41) is 2.86. The van der Waals surface area contributed by atoms with Gasteiger partial charge in [0.1, 0.15) is 17.0 Å². The molecule has 1 spiro atoms. The van der Waals surface area contributed by atoms with E-state index < -0.39 is 6.09 Å². The molecule has 0 bridgehead atoms. The molecule has 1 saturated heterocycles. The molecule has 2 aliphatic carbocycles. The number of aryl methyl sites for hydroxylation is 1. The number of ether oxygens (including phenoxy) is 2. The van der Waals surface area contributed by atoms with Gasteiger partial charge >= 0.3 is 6.09 Å². The number of para-hydroxylation sites is 1. The lowest BCUT2D eigenvalue weighted by Crippen LogP contribution is -2.27. The summed E-state index contributed by atoms with van der Waals surface area (Å²) < 4.78 is 27.1. The number of hydrogen-bond donors (Lipinski definition) is 1. The smallest absolute Gasteiger partial charge is 0.411 e. The predicted octanol–water partition coefficient (Wildman–Crippen LogP) is 6.06. The Labute approximate surface area is 198 Å². The zero-order chi connectivity index (χ0) is 23.3. The van der Waals surface area contributed by atoms with E-state index in [0.717, 1.165) is 49.0 Å². The standard InChI is InChI=1S/C28H27FN2O3/c1-2-33-26(32)30-24-6-4-3-5-19(24)11-14-27-15-12-21-17-25-20(18-28(21,27)34-27)13-16-31(25)23-9-7-22(29)8-10-23/h3-10,13,16-17H,2,11-12,14-15,18H2,1H3,(H,30,32)/t27-,28?/m0/s1. The number of fused-ring (bicyclic) bond motifs is 1. The van der Waals surface area contributed by atoms with Crippen molar-refractivity contribution in [2.24, 2.45) is 0 Å². The number of hydrogen-bond acceptors (Lipinski definition) is 3. The van der Waals surface area contributed by atoms with Crippen molar-refractivity contribution in [1.82, 2.24) is 4.57 Å². The van der Waals surface area contributed by atoms with Crippen LogP contribution in [0.3, 0.4) is 0 Å². The molecule has 1 aliphatic heterocycles. The van der Waals surface area contributed by atoms with Gasteiger partial charge in [-0.15, -0.1) is 0 Å². The number of benzene rings is 2. The second-order valence-electron chi connectivity index (χ2n) is 9.34. The van der Waals surface area contributed by atoms with Crippen LogP contribution in [0.4, 0.5) is 14.9 Å². The molecule has 1 unspecified atom stereocenters. The van der Waals surface area contributed by atoms with Gasteiger partial charge in [0.25, 0.3) is 0 Å². The highest BCUT2D eigenvalue weighted by atomic mass is 19.1. The van der Waals surface area contributed by atoms with Gasteiger partial charge in [-0.1, -0.05) is 18.2 Å². The first-order chi connectivity index (χ1) is 16.5. The topological polar surface area (TPSA) is 55.8 Å². The molecule has 3 aliphatic rings. The normalized spacial score (nSPS) is 24.0. The van der Waals surface area contributed by atoms with Gasteiger partial charge in [0, 0.05) is 29.7 Å². The molecule has 2 aromatic carbocycles. The molecule has 2 fully saturated rings. The molecule has 174 valence electrons. The van der Waals surface area contributed by atoms with Crippen LogP contribution in [0.1, 0.15) is 43.0 Å². The fourth-order valence-corrected chi connectivity index (χ4v) is 5.87. The third kappa shape index (κ3) is 3.28. The summed E-state index contributed by atoms with van der Waals surface area (Å²) >= 11 is 0. The zero-order valence-electron chi connectivity index (χ0n) is 19.1. The summed E-state index contributed by atoms with van der Waals surface area (Å²) in [4.78, 5) is 11.9.